The number of nitrogens with one attached hydrogen (secondary N) is 2. The molecule has 2 aliphatic rings. The van der Waals surface area contributed by atoms with E-state index in [-0.39, 0.29) is 13.2 Å². The van der Waals surface area contributed by atoms with Crippen molar-refractivity contribution in [3.63, 3.8) is 0 Å². The molecule has 29 heavy (non-hydrogen) atoms. The highest BCUT2D eigenvalue weighted by Crippen LogP contribution is 2.34. The van der Waals surface area contributed by atoms with Gasteiger partial charge in [0.05, 0.1) is 0 Å². The molecule has 1 fully saturated rings. The Labute approximate surface area is 171 Å². The van der Waals surface area contributed by atoms with Gasteiger partial charge in [0, 0.05) is 17.1 Å². The van der Waals surface area contributed by atoms with Gasteiger partial charge < -0.3 is 20.1 Å². The van der Waals surface area contributed by atoms with Crippen LogP contribution in [0.2, 0.25) is 5.02 Å². The molecule has 0 bridgehead atoms. The van der Waals surface area contributed by atoms with Crippen LogP contribution < -0.4 is 20.1 Å². The Morgan fingerprint density at radius 2 is 2.00 bits per heavy atom. The van der Waals surface area contributed by atoms with Crippen molar-refractivity contribution in [2.45, 2.75) is 18.9 Å². The van der Waals surface area contributed by atoms with Crippen molar-refractivity contribution in [3.05, 3.63) is 53.1 Å². The van der Waals surface area contributed by atoms with Crippen molar-refractivity contribution >= 4 is 35.1 Å². The molecule has 2 N–H and O–H groups in total. The van der Waals surface area contributed by atoms with Gasteiger partial charge in [-0.3, -0.25) is 14.5 Å². The first kappa shape index (κ1) is 19.1. The number of amides is 4. The number of hydrogen-bond acceptors (Lipinski definition) is 5. The summed E-state index contributed by atoms with van der Waals surface area (Å²) >= 11 is 5.90. The third-order valence-electron chi connectivity index (χ3n) is 4.75. The molecule has 0 radical (unpaired) electrons. The number of benzene rings is 2. The van der Waals surface area contributed by atoms with Gasteiger partial charge in [-0.2, -0.15) is 0 Å². The van der Waals surface area contributed by atoms with Crippen molar-refractivity contribution in [3.8, 4) is 11.5 Å². The smallest absolute Gasteiger partial charge is 0.325 e. The van der Waals surface area contributed by atoms with E-state index in [0.717, 1.165) is 10.5 Å². The van der Waals surface area contributed by atoms with Crippen molar-refractivity contribution < 1.29 is 23.9 Å². The maximum atomic E-state index is 12.9. The molecule has 9 heteroatoms. The molecule has 0 saturated carbocycles. The minimum absolute atomic E-state index is 0.154. The molecule has 2 aliphatic heterocycles. The molecule has 2 heterocycles. The highest BCUT2D eigenvalue weighted by atomic mass is 35.5. The summed E-state index contributed by atoms with van der Waals surface area (Å²) in [7, 11) is 0. The van der Waals surface area contributed by atoms with Crippen LogP contribution in [-0.2, 0) is 16.0 Å². The summed E-state index contributed by atoms with van der Waals surface area (Å²) in [5, 5.41) is 5.78. The maximum absolute atomic E-state index is 12.9. The minimum Gasteiger partial charge on any atom is -0.454 e. The Morgan fingerprint density at radius 3 is 2.79 bits per heavy atom. The topological polar surface area (TPSA) is 97.0 Å². The van der Waals surface area contributed by atoms with E-state index >= 15 is 0 Å². The first-order chi connectivity index (χ1) is 13.8. The number of halogens is 1. The molecule has 8 nitrogen and oxygen atoms in total. The first-order valence-corrected chi connectivity index (χ1v) is 9.30. The molecule has 4 amide bonds. The fourth-order valence-corrected chi connectivity index (χ4v) is 3.57. The van der Waals surface area contributed by atoms with Gasteiger partial charge in [0.15, 0.2) is 11.5 Å². The lowest BCUT2D eigenvalue weighted by atomic mass is 9.92. The van der Waals surface area contributed by atoms with Crippen molar-refractivity contribution in [1.29, 1.82) is 0 Å². The molecular weight excluding hydrogens is 398 g/mol. The number of urea groups is 1. The molecular formula is C20H18ClN3O5. The number of imide groups is 1. The van der Waals surface area contributed by atoms with Crippen molar-refractivity contribution in [2.75, 3.05) is 18.7 Å². The molecule has 150 valence electrons. The minimum atomic E-state index is -1.17. The molecule has 2 aromatic rings. The average Bonchev–Trinajstić information content (AvgIpc) is 3.20. The highest BCUT2D eigenvalue weighted by Gasteiger charge is 2.48. The van der Waals surface area contributed by atoms with E-state index in [2.05, 4.69) is 10.6 Å². The van der Waals surface area contributed by atoms with Gasteiger partial charge in [0.1, 0.15) is 12.1 Å². The van der Waals surface area contributed by atoms with Gasteiger partial charge in [0.2, 0.25) is 12.7 Å². The number of carbonyl (C=O) groups is 3. The standard InChI is InChI=1S/C20H18ClN3O5/c1-20(9-12-5-6-15-16(7-12)29-11-28-15)18(26)24(19(27)23-20)10-17(25)22-14-4-2-3-13(21)8-14/h2-8H,9-11H2,1H3,(H,22,25)(H,23,27)/t20-/m0/s1. The molecule has 1 atom stereocenters. The second-order valence-corrected chi connectivity index (χ2v) is 7.51. The van der Waals surface area contributed by atoms with Crippen LogP contribution in [0.1, 0.15) is 12.5 Å². The van der Waals surface area contributed by atoms with E-state index in [4.69, 9.17) is 21.1 Å². The molecule has 0 aliphatic carbocycles. The van der Waals surface area contributed by atoms with Crippen LogP contribution >= 0.6 is 11.6 Å². The fourth-order valence-electron chi connectivity index (χ4n) is 3.38. The molecule has 0 aromatic heterocycles. The summed E-state index contributed by atoms with van der Waals surface area (Å²) in [6, 6.07) is 11.4. The molecule has 4 rings (SSSR count). The van der Waals surface area contributed by atoms with Crippen LogP contribution in [0.25, 0.3) is 0 Å². The first-order valence-electron chi connectivity index (χ1n) is 8.92. The van der Waals surface area contributed by atoms with Crippen molar-refractivity contribution in [1.82, 2.24) is 10.2 Å². The SMILES string of the molecule is C[C@@]1(Cc2ccc3c(c2)OCO3)NC(=O)N(CC(=O)Nc2cccc(Cl)c2)C1=O. The Morgan fingerprint density at radius 1 is 1.21 bits per heavy atom. The zero-order valence-corrected chi connectivity index (χ0v) is 16.3. The zero-order valence-electron chi connectivity index (χ0n) is 15.5. The van der Waals surface area contributed by atoms with Crippen LogP contribution in [-0.4, -0.2) is 41.6 Å². The summed E-state index contributed by atoms with van der Waals surface area (Å²) < 4.78 is 10.6. The van der Waals surface area contributed by atoms with E-state index < -0.39 is 29.9 Å². The number of carbonyl (C=O) groups excluding carboxylic acids is 3. The molecule has 0 spiro atoms. The number of anilines is 1. The second kappa shape index (κ2) is 7.29. The highest BCUT2D eigenvalue weighted by molar-refractivity contribution is 6.30. The Balaban J connectivity index is 1.44. The molecule has 0 unspecified atom stereocenters. The summed E-state index contributed by atoms with van der Waals surface area (Å²) in [4.78, 5) is 38.5. The molecule has 1 saturated heterocycles. The summed E-state index contributed by atoms with van der Waals surface area (Å²) in [6.07, 6.45) is 0.251. The Bertz CT molecular complexity index is 1010. The lowest BCUT2D eigenvalue weighted by Gasteiger charge is -2.22. The van der Waals surface area contributed by atoms with E-state index in [0.29, 0.717) is 22.2 Å². The van der Waals surface area contributed by atoms with Gasteiger partial charge in [0.25, 0.3) is 5.91 Å². The van der Waals surface area contributed by atoms with Crippen LogP contribution in [0, 0.1) is 0 Å². The largest absolute Gasteiger partial charge is 0.454 e. The number of fused-ring (bicyclic) bond motifs is 1. The summed E-state index contributed by atoms with van der Waals surface area (Å²) in [5.41, 5.74) is 0.120. The monoisotopic (exact) mass is 415 g/mol. The number of rotatable bonds is 5. The summed E-state index contributed by atoms with van der Waals surface area (Å²) in [6.45, 7) is 1.39. The van der Waals surface area contributed by atoms with E-state index in [1.807, 2.05) is 6.07 Å². The van der Waals surface area contributed by atoms with Gasteiger partial charge in [-0.1, -0.05) is 23.7 Å². The quantitative estimate of drug-likeness (QED) is 0.731. The maximum Gasteiger partial charge on any atom is 0.325 e. The second-order valence-electron chi connectivity index (χ2n) is 7.08. The third kappa shape index (κ3) is 3.84. The number of ether oxygens (including phenoxy) is 2. The van der Waals surface area contributed by atoms with E-state index in [1.165, 1.54) is 0 Å². The van der Waals surface area contributed by atoms with Crippen LogP contribution in [0.3, 0.4) is 0 Å². The Hall–Kier alpha value is -3.26. The summed E-state index contributed by atoms with van der Waals surface area (Å²) in [5.74, 6) is 0.269. The van der Waals surface area contributed by atoms with Crippen LogP contribution in [0.15, 0.2) is 42.5 Å². The van der Waals surface area contributed by atoms with E-state index in [9.17, 15) is 14.4 Å². The number of nitrogens with zero attached hydrogens (tertiary/aromatic N) is 1. The van der Waals surface area contributed by atoms with Gasteiger partial charge in [-0.05, 0) is 42.8 Å². The average molecular weight is 416 g/mol. The van der Waals surface area contributed by atoms with Gasteiger partial charge in [-0.25, -0.2) is 4.79 Å². The van der Waals surface area contributed by atoms with Crippen molar-refractivity contribution in [2.24, 2.45) is 0 Å². The lowest BCUT2D eigenvalue weighted by molar-refractivity contribution is -0.133. The van der Waals surface area contributed by atoms with Gasteiger partial charge >= 0.3 is 6.03 Å². The third-order valence-corrected chi connectivity index (χ3v) is 4.98. The normalized spacial score (nSPS) is 20.0. The van der Waals surface area contributed by atoms with Crippen LogP contribution in [0.5, 0.6) is 11.5 Å². The fraction of sp³-hybridized carbons (Fsp3) is 0.250. The zero-order chi connectivity index (χ0) is 20.6. The lowest BCUT2D eigenvalue weighted by Crippen LogP contribution is -2.46. The van der Waals surface area contributed by atoms with Crippen LogP contribution in [0.4, 0.5) is 10.5 Å². The Kier molecular flexibility index (Phi) is 4.79. The van der Waals surface area contributed by atoms with E-state index in [1.54, 1.807) is 43.3 Å². The predicted molar refractivity (Wildman–Crippen MR) is 105 cm³/mol. The molecule has 2 aromatic carbocycles. The van der Waals surface area contributed by atoms with Gasteiger partial charge in [-0.15, -0.1) is 0 Å². The predicted octanol–water partition coefficient (Wildman–Crippen LogP) is 2.56. The number of hydrogen-bond donors (Lipinski definition) is 2.